The van der Waals surface area contributed by atoms with Gasteiger partial charge in [-0.05, 0) is 63.1 Å². The van der Waals surface area contributed by atoms with Crippen LogP contribution < -0.4 is 10.1 Å². The van der Waals surface area contributed by atoms with Gasteiger partial charge in [-0.3, -0.25) is 0 Å². The topological polar surface area (TPSA) is 89.3 Å². The number of benzene rings is 2. The summed E-state index contributed by atoms with van der Waals surface area (Å²) >= 11 is 0. The molecule has 0 spiro atoms. The number of carbonyl (C=O) groups is 1. The molecule has 0 bridgehead atoms. The molecule has 0 unspecified atom stereocenters. The van der Waals surface area contributed by atoms with Crippen molar-refractivity contribution in [1.82, 2.24) is 14.5 Å². The van der Waals surface area contributed by atoms with Crippen LogP contribution in [0.1, 0.15) is 34.1 Å². The van der Waals surface area contributed by atoms with Crippen LogP contribution in [-0.4, -0.2) is 38.8 Å². The zero-order chi connectivity index (χ0) is 24.4. The number of anilines is 1. The van der Waals surface area contributed by atoms with Crippen LogP contribution in [0.15, 0.2) is 42.7 Å². The Morgan fingerprint density at radius 3 is 2.65 bits per heavy atom. The SMILES string of the molecule is CCOc1cc(-c2cc(NCCn3c(C)cc4c(C)ccc(F)c43)ncn2)cc(C)c1C(=O)O. The second-order valence-corrected chi connectivity index (χ2v) is 8.18. The van der Waals surface area contributed by atoms with Gasteiger partial charge in [-0.15, -0.1) is 0 Å². The van der Waals surface area contributed by atoms with E-state index in [0.29, 0.717) is 48.0 Å². The maximum atomic E-state index is 14.5. The largest absolute Gasteiger partial charge is 0.493 e. The number of hydrogen-bond acceptors (Lipinski definition) is 5. The van der Waals surface area contributed by atoms with E-state index >= 15 is 0 Å². The van der Waals surface area contributed by atoms with E-state index in [-0.39, 0.29) is 11.4 Å². The number of halogens is 1. The van der Waals surface area contributed by atoms with E-state index in [1.807, 2.05) is 31.4 Å². The average molecular weight is 463 g/mol. The first-order chi connectivity index (χ1) is 16.3. The van der Waals surface area contributed by atoms with Gasteiger partial charge >= 0.3 is 5.97 Å². The Hall–Kier alpha value is -3.94. The third-order valence-electron chi connectivity index (χ3n) is 5.85. The van der Waals surface area contributed by atoms with Gasteiger partial charge in [-0.2, -0.15) is 0 Å². The van der Waals surface area contributed by atoms with Crippen molar-refractivity contribution in [3.05, 3.63) is 70.9 Å². The van der Waals surface area contributed by atoms with E-state index in [2.05, 4.69) is 15.3 Å². The molecule has 176 valence electrons. The van der Waals surface area contributed by atoms with Gasteiger partial charge in [0.25, 0.3) is 0 Å². The predicted molar refractivity (Wildman–Crippen MR) is 130 cm³/mol. The van der Waals surface area contributed by atoms with Crippen LogP contribution in [0.5, 0.6) is 5.75 Å². The Balaban J connectivity index is 1.56. The summed E-state index contributed by atoms with van der Waals surface area (Å²) in [7, 11) is 0. The van der Waals surface area contributed by atoms with Crippen LogP contribution in [-0.2, 0) is 6.54 Å². The van der Waals surface area contributed by atoms with Gasteiger partial charge in [-0.1, -0.05) is 6.07 Å². The molecule has 0 fully saturated rings. The lowest BCUT2D eigenvalue weighted by Gasteiger charge is -2.13. The molecule has 2 aromatic heterocycles. The third-order valence-corrected chi connectivity index (χ3v) is 5.85. The number of carboxylic acids is 1. The van der Waals surface area contributed by atoms with Crippen molar-refractivity contribution in [1.29, 1.82) is 0 Å². The highest BCUT2D eigenvalue weighted by Crippen LogP contribution is 2.30. The average Bonchev–Trinajstić information content (AvgIpc) is 3.13. The molecule has 4 rings (SSSR count). The van der Waals surface area contributed by atoms with Crippen molar-refractivity contribution in [3.63, 3.8) is 0 Å². The predicted octanol–water partition coefficient (Wildman–Crippen LogP) is 5.37. The molecule has 0 aliphatic heterocycles. The van der Waals surface area contributed by atoms with Gasteiger partial charge in [0.15, 0.2) is 0 Å². The number of rotatable bonds is 8. The van der Waals surface area contributed by atoms with Crippen LogP contribution in [0.25, 0.3) is 22.2 Å². The fourth-order valence-electron chi connectivity index (χ4n) is 4.24. The summed E-state index contributed by atoms with van der Waals surface area (Å²) in [6.07, 6.45) is 1.46. The molecule has 0 amide bonds. The van der Waals surface area contributed by atoms with E-state index in [1.165, 1.54) is 12.4 Å². The normalized spacial score (nSPS) is 11.1. The molecule has 0 atom stereocenters. The first kappa shape index (κ1) is 23.2. The Labute approximate surface area is 197 Å². The molecule has 0 radical (unpaired) electrons. The number of hydrogen-bond donors (Lipinski definition) is 2. The van der Waals surface area contributed by atoms with E-state index in [1.54, 1.807) is 31.2 Å². The van der Waals surface area contributed by atoms with E-state index in [4.69, 9.17) is 4.74 Å². The van der Waals surface area contributed by atoms with Crippen LogP contribution in [0.3, 0.4) is 0 Å². The summed E-state index contributed by atoms with van der Waals surface area (Å²) in [5, 5.41) is 13.7. The monoisotopic (exact) mass is 462 g/mol. The van der Waals surface area contributed by atoms with Crippen molar-refractivity contribution < 1.29 is 19.0 Å². The van der Waals surface area contributed by atoms with Crippen molar-refractivity contribution in [2.75, 3.05) is 18.5 Å². The highest BCUT2D eigenvalue weighted by molar-refractivity contribution is 5.93. The van der Waals surface area contributed by atoms with Gasteiger partial charge in [-0.25, -0.2) is 19.2 Å². The number of nitrogens with zero attached hydrogens (tertiary/aromatic N) is 3. The number of aromatic carboxylic acids is 1. The summed E-state index contributed by atoms with van der Waals surface area (Å²) in [4.78, 5) is 20.3. The summed E-state index contributed by atoms with van der Waals surface area (Å²) in [6.45, 7) is 8.96. The summed E-state index contributed by atoms with van der Waals surface area (Å²) < 4.78 is 22.1. The number of aromatic nitrogens is 3. The molecule has 2 N–H and O–H groups in total. The molecule has 4 aromatic rings. The minimum Gasteiger partial charge on any atom is -0.493 e. The lowest BCUT2D eigenvalue weighted by atomic mass is 10.0. The Bertz CT molecular complexity index is 1380. The first-order valence-corrected chi connectivity index (χ1v) is 11.1. The van der Waals surface area contributed by atoms with Crippen molar-refractivity contribution >= 4 is 22.7 Å². The summed E-state index contributed by atoms with van der Waals surface area (Å²) in [5.41, 5.74) is 4.76. The van der Waals surface area contributed by atoms with E-state index in [0.717, 1.165) is 22.2 Å². The highest BCUT2D eigenvalue weighted by atomic mass is 19.1. The van der Waals surface area contributed by atoms with Gasteiger partial charge < -0.3 is 19.7 Å². The fourth-order valence-corrected chi connectivity index (χ4v) is 4.24. The van der Waals surface area contributed by atoms with Gasteiger partial charge in [0, 0.05) is 35.8 Å². The smallest absolute Gasteiger partial charge is 0.339 e. The molecule has 2 aromatic carbocycles. The van der Waals surface area contributed by atoms with Gasteiger partial charge in [0.2, 0.25) is 0 Å². The van der Waals surface area contributed by atoms with Crippen LogP contribution >= 0.6 is 0 Å². The second kappa shape index (κ2) is 9.51. The highest BCUT2D eigenvalue weighted by Gasteiger charge is 2.17. The number of nitrogens with one attached hydrogen (secondary N) is 1. The number of ether oxygens (including phenoxy) is 1. The van der Waals surface area contributed by atoms with Crippen LogP contribution in [0, 0.1) is 26.6 Å². The quantitative estimate of drug-likeness (QED) is 0.366. The minimum absolute atomic E-state index is 0.148. The first-order valence-electron chi connectivity index (χ1n) is 11.1. The second-order valence-electron chi connectivity index (χ2n) is 8.18. The maximum Gasteiger partial charge on any atom is 0.339 e. The van der Waals surface area contributed by atoms with E-state index < -0.39 is 5.97 Å². The summed E-state index contributed by atoms with van der Waals surface area (Å²) in [5.74, 6) is -0.334. The molecular weight excluding hydrogens is 435 g/mol. The van der Waals surface area contributed by atoms with Gasteiger partial charge in [0.1, 0.15) is 29.3 Å². The molecule has 34 heavy (non-hydrogen) atoms. The number of aryl methyl sites for hydroxylation is 3. The Morgan fingerprint density at radius 2 is 1.91 bits per heavy atom. The molecular formula is C26H27FN4O3. The maximum absolute atomic E-state index is 14.5. The zero-order valence-corrected chi connectivity index (χ0v) is 19.6. The molecule has 0 aliphatic rings. The van der Waals surface area contributed by atoms with Crippen LogP contribution in [0.2, 0.25) is 0 Å². The zero-order valence-electron chi connectivity index (χ0n) is 19.6. The molecule has 0 saturated carbocycles. The van der Waals surface area contributed by atoms with Crippen LogP contribution in [0.4, 0.5) is 10.2 Å². The molecule has 0 aliphatic carbocycles. The molecule has 8 heteroatoms. The third kappa shape index (κ3) is 4.44. The van der Waals surface area contributed by atoms with E-state index in [9.17, 15) is 14.3 Å². The molecule has 0 saturated heterocycles. The Morgan fingerprint density at radius 1 is 1.12 bits per heavy atom. The van der Waals surface area contributed by atoms with Crippen molar-refractivity contribution in [2.45, 2.75) is 34.2 Å². The van der Waals surface area contributed by atoms with Crippen molar-refractivity contribution in [3.8, 4) is 17.0 Å². The standard InChI is InChI=1S/C26H27FN4O3/c1-5-34-22-12-18(10-16(3)24(22)26(32)33)21-13-23(30-14-29-21)28-8-9-31-17(4)11-19-15(2)6-7-20(27)25(19)31/h6-7,10-14H,5,8-9H2,1-4H3,(H,32,33)(H,28,29,30). The summed E-state index contributed by atoms with van der Waals surface area (Å²) in [6, 6.07) is 10.6. The lowest BCUT2D eigenvalue weighted by Crippen LogP contribution is -2.13. The molecule has 7 nitrogen and oxygen atoms in total. The van der Waals surface area contributed by atoms with Gasteiger partial charge in [0.05, 0.1) is 17.8 Å². The fraction of sp³-hybridized carbons (Fsp3) is 0.269. The molecule has 2 heterocycles. The number of carboxylic acid groups (broad SMARTS) is 1. The minimum atomic E-state index is -1.03. The Kier molecular flexibility index (Phi) is 6.49. The number of fused-ring (bicyclic) bond motifs is 1. The van der Waals surface area contributed by atoms with Crippen molar-refractivity contribution in [2.24, 2.45) is 0 Å². The lowest BCUT2D eigenvalue weighted by molar-refractivity contribution is 0.0691.